The summed E-state index contributed by atoms with van der Waals surface area (Å²) in [4.78, 5) is 22.3. The van der Waals surface area contributed by atoms with Gasteiger partial charge < -0.3 is 10.6 Å². The fraction of sp³-hybridized carbons (Fsp3) is 0.222. The maximum absolute atomic E-state index is 11.1. The van der Waals surface area contributed by atoms with Crippen LogP contribution in [-0.4, -0.2) is 23.6 Å². The Morgan fingerprint density at radius 3 is 1.29 bits per heavy atom. The van der Waals surface area contributed by atoms with Gasteiger partial charge in [0.05, 0.1) is 0 Å². The quantitative estimate of drug-likeness (QED) is 0.741. The van der Waals surface area contributed by atoms with Crippen LogP contribution in [0.5, 0.6) is 0 Å². The van der Waals surface area contributed by atoms with Crippen molar-refractivity contribution in [3.05, 3.63) is 59.7 Å². The highest BCUT2D eigenvalue weighted by molar-refractivity contribution is 6.27. The van der Waals surface area contributed by atoms with Gasteiger partial charge in [0.2, 0.25) is 11.8 Å². The molecule has 0 aromatic heterocycles. The number of rotatable bonds is 7. The van der Waals surface area contributed by atoms with Crippen LogP contribution < -0.4 is 10.6 Å². The van der Waals surface area contributed by atoms with Gasteiger partial charge in [-0.2, -0.15) is 0 Å². The monoisotopic (exact) mass is 364 g/mol. The molecular formula is C18H18Cl2N2O2. The Bertz CT molecular complexity index is 624. The van der Waals surface area contributed by atoms with Crippen molar-refractivity contribution in [1.82, 2.24) is 10.6 Å². The summed E-state index contributed by atoms with van der Waals surface area (Å²) in [5, 5.41) is 5.46. The highest BCUT2D eigenvalue weighted by Crippen LogP contribution is 2.20. The Morgan fingerprint density at radius 2 is 1.00 bits per heavy atom. The first kappa shape index (κ1) is 18.3. The van der Waals surface area contributed by atoms with Gasteiger partial charge in [0.25, 0.3) is 0 Å². The van der Waals surface area contributed by atoms with Gasteiger partial charge in [0, 0.05) is 13.1 Å². The van der Waals surface area contributed by atoms with E-state index in [4.69, 9.17) is 23.2 Å². The zero-order valence-corrected chi connectivity index (χ0v) is 14.5. The predicted molar refractivity (Wildman–Crippen MR) is 97.0 cm³/mol. The molecule has 2 aromatic carbocycles. The van der Waals surface area contributed by atoms with Crippen molar-refractivity contribution >= 4 is 35.0 Å². The van der Waals surface area contributed by atoms with E-state index in [2.05, 4.69) is 10.6 Å². The largest absolute Gasteiger partial charge is 0.351 e. The van der Waals surface area contributed by atoms with E-state index in [1.54, 1.807) is 0 Å². The zero-order chi connectivity index (χ0) is 17.4. The van der Waals surface area contributed by atoms with Crippen molar-refractivity contribution in [3.8, 4) is 11.1 Å². The molecule has 2 N–H and O–H groups in total. The second kappa shape index (κ2) is 9.30. The van der Waals surface area contributed by atoms with Gasteiger partial charge in [-0.3, -0.25) is 9.59 Å². The van der Waals surface area contributed by atoms with Crippen molar-refractivity contribution in [2.45, 2.75) is 13.1 Å². The summed E-state index contributed by atoms with van der Waals surface area (Å²) in [6, 6.07) is 15.9. The first-order valence-corrected chi connectivity index (χ1v) is 8.53. The molecule has 2 aromatic rings. The van der Waals surface area contributed by atoms with Crippen molar-refractivity contribution in [2.24, 2.45) is 0 Å². The Labute approximate surface area is 151 Å². The molecule has 0 aliphatic heterocycles. The Hall–Kier alpha value is -2.04. The molecular weight excluding hydrogens is 347 g/mol. The molecule has 6 heteroatoms. The molecule has 0 heterocycles. The summed E-state index contributed by atoms with van der Waals surface area (Å²) in [5.74, 6) is -0.430. The maximum Gasteiger partial charge on any atom is 0.235 e. The third kappa shape index (κ3) is 5.55. The van der Waals surface area contributed by atoms with Crippen LogP contribution in [0.25, 0.3) is 11.1 Å². The second-order valence-electron chi connectivity index (χ2n) is 5.21. The van der Waals surface area contributed by atoms with Crippen LogP contribution >= 0.6 is 23.2 Å². The lowest BCUT2D eigenvalue weighted by molar-refractivity contribution is -0.119. The predicted octanol–water partition coefficient (Wildman–Crippen LogP) is 3.06. The molecule has 24 heavy (non-hydrogen) atoms. The molecule has 0 aliphatic carbocycles. The van der Waals surface area contributed by atoms with E-state index in [0.29, 0.717) is 13.1 Å². The normalized spacial score (nSPS) is 10.2. The maximum atomic E-state index is 11.1. The lowest BCUT2D eigenvalue weighted by atomic mass is 10.0. The molecule has 0 saturated carbocycles. The minimum atomic E-state index is -0.183. The fourth-order valence-corrected chi connectivity index (χ4v) is 2.31. The Kier molecular flexibility index (Phi) is 7.09. The molecule has 0 spiro atoms. The summed E-state index contributed by atoms with van der Waals surface area (Å²) in [5.41, 5.74) is 4.19. The molecule has 0 unspecified atom stereocenters. The van der Waals surface area contributed by atoms with Crippen LogP contribution in [0.1, 0.15) is 11.1 Å². The second-order valence-corrected chi connectivity index (χ2v) is 5.75. The Balaban J connectivity index is 1.96. The van der Waals surface area contributed by atoms with Crippen LogP contribution in [0, 0.1) is 0 Å². The molecule has 0 radical (unpaired) electrons. The number of amides is 2. The van der Waals surface area contributed by atoms with Gasteiger partial charge in [-0.15, -0.1) is 23.2 Å². The first-order chi connectivity index (χ1) is 11.6. The number of carbonyl (C=O) groups is 2. The van der Waals surface area contributed by atoms with Gasteiger partial charge in [0.1, 0.15) is 11.8 Å². The lowest BCUT2D eigenvalue weighted by Crippen LogP contribution is -2.23. The van der Waals surface area contributed by atoms with Crippen molar-refractivity contribution in [1.29, 1.82) is 0 Å². The minimum absolute atomic E-state index is 0.0320. The van der Waals surface area contributed by atoms with E-state index in [1.165, 1.54) is 0 Å². The summed E-state index contributed by atoms with van der Waals surface area (Å²) < 4.78 is 0. The molecule has 0 saturated heterocycles. The van der Waals surface area contributed by atoms with Crippen molar-refractivity contribution in [3.63, 3.8) is 0 Å². The number of alkyl halides is 2. The molecule has 0 bridgehead atoms. The van der Waals surface area contributed by atoms with Gasteiger partial charge >= 0.3 is 0 Å². The number of benzene rings is 2. The summed E-state index contributed by atoms with van der Waals surface area (Å²) in [7, 11) is 0. The van der Waals surface area contributed by atoms with Crippen LogP contribution in [0.3, 0.4) is 0 Å². The van der Waals surface area contributed by atoms with E-state index in [-0.39, 0.29) is 23.6 Å². The van der Waals surface area contributed by atoms with Crippen LogP contribution in [-0.2, 0) is 22.7 Å². The summed E-state index contributed by atoms with van der Waals surface area (Å²) >= 11 is 10.9. The van der Waals surface area contributed by atoms with E-state index in [0.717, 1.165) is 22.3 Å². The minimum Gasteiger partial charge on any atom is -0.351 e. The summed E-state index contributed by atoms with van der Waals surface area (Å²) in [6.45, 7) is 0.927. The Morgan fingerprint density at radius 1 is 0.667 bits per heavy atom. The SMILES string of the molecule is O=C(CCl)NCc1ccc(-c2ccc(CNC(=O)CCl)cc2)cc1. The third-order valence-electron chi connectivity index (χ3n) is 3.46. The van der Waals surface area contributed by atoms with Gasteiger partial charge in [-0.05, 0) is 22.3 Å². The lowest BCUT2D eigenvalue weighted by Gasteiger charge is -2.07. The molecule has 126 valence electrons. The number of hydrogen-bond donors (Lipinski definition) is 2. The number of nitrogens with one attached hydrogen (secondary N) is 2. The number of carbonyl (C=O) groups excluding carboxylic acids is 2. The van der Waals surface area contributed by atoms with Crippen molar-refractivity contribution < 1.29 is 9.59 Å². The van der Waals surface area contributed by atoms with Gasteiger partial charge in [0.15, 0.2) is 0 Å². The molecule has 0 aliphatic rings. The van der Waals surface area contributed by atoms with E-state index < -0.39 is 0 Å². The highest BCUT2D eigenvalue weighted by Gasteiger charge is 2.02. The molecule has 2 amide bonds. The smallest absolute Gasteiger partial charge is 0.235 e. The first-order valence-electron chi connectivity index (χ1n) is 7.46. The average molecular weight is 365 g/mol. The molecule has 4 nitrogen and oxygen atoms in total. The van der Waals surface area contributed by atoms with E-state index in [9.17, 15) is 9.59 Å². The highest BCUT2D eigenvalue weighted by atomic mass is 35.5. The fourth-order valence-electron chi connectivity index (χ4n) is 2.13. The van der Waals surface area contributed by atoms with Gasteiger partial charge in [-0.25, -0.2) is 0 Å². The van der Waals surface area contributed by atoms with Crippen molar-refractivity contribution in [2.75, 3.05) is 11.8 Å². The topological polar surface area (TPSA) is 58.2 Å². The number of halogens is 2. The summed E-state index contributed by atoms with van der Waals surface area (Å²) in [6.07, 6.45) is 0. The average Bonchev–Trinajstić information content (AvgIpc) is 2.65. The molecule has 2 rings (SSSR count). The number of hydrogen-bond acceptors (Lipinski definition) is 2. The molecule has 0 atom stereocenters. The standard InChI is InChI=1S/C18H18Cl2N2O2/c19-9-17(23)21-11-13-1-5-15(6-2-13)16-7-3-14(4-8-16)12-22-18(24)10-20/h1-8H,9-12H2,(H,21,23)(H,22,24). The molecule has 0 fully saturated rings. The van der Waals surface area contributed by atoms with Crippen LogP contribution in [0.2, 0.25) is 0 Å². The van der Waals surface area contributed by atoms with E-state index >= 15 is 0 Å². The van der Waals surface area contributed by atoms with Crippen LogP contribution in [0.15, 0.2) is 48.5 Å². The van der Waals surface area contributed by atoms with E-state index in [1.807, 2.05) is 48.5 Å². The van der Waals surface area contributed by atoms with Crippen LogP contribution in [0.4, 0.5) is 0 Å². The zero-order valence-electron chi connectivity index (χ0n) is 13.0. The third-order valence-corrected chi connectivity index (χ3v) is 3.95. The van der Waals surface area contributed by atoms with Gasteiger partial charge in [-0.1, -0.05) is 48.5 Å².